The number of nitro groups is 1. The minimum absolute atomic E-state index is 0.0808. The molecule has 0 saturated heterocycles. The number of alkyl halides is 1. The Labute approximate surface area is 113 Å². The van der Waals surface area contributed by atoms with Crippen LogP contribution in [0.4, 0.5) is 5.82 Å². The molecule has 17 heavy (non-hydrogen) atoms. The zero-order chi connectivity index (χ0) is 13.2. The van der Waals surface area contributed by atoms with E-state index < -0.39 is 4.92 Å². The number of hydrogen-bond donors (Lipinski definition) is 0. The van der Waals surface area contributed by atoms with Crippen LogP contribution >= 0.6 is 27.5 Å². The molecular formula is C10H15BrClN3O2. The van der Waals surface area contributed by atoms with E-state index in [1.54, 1.807) is 0 Å². The third-order valence-corrected chi connectivity index (χ3v) is 3.74. The molecule has 0 amide bonds. The number of rotatable bonds is 4. The van der Waals surface area contributed by atoms with Crippen molar-refractivity contribution in [3.63, 3.8) is 0 Å². The summed E-state index contributed by atoms with van der Waals surface area (Å²) in [6, 6.07) is 0. The van der Waals surface area contributed by atoms with Gasteiger partial charge in [-0.3, -0.25) is 0 Å². The monoisotopic (exact) mass is 323 g/mol. The van der Waals surface area contributed by atoms with Crippen molar-refractivity contribution in [1.29, 1.82) is 0 Å². The Morgan fingerprint density at radius 1 is 1.65 bits per heavy atom. The largest absolute Gasteiger partial charge is 0.408 e. The molecule has 0 spiro atoms. The molecular weight excluding hydrogens is 309 g/mol. The van der Waals surface area contributed by atoms with E-state index in [-0.39, 0.29) is 16.3 Å². The van der Waals surface area contributed by atoms with E-state index in [4.69, 9.17) is 11.6 Å². The van der Waals surface area contributed by atoms with Gasteiger partial charge in [0.05, 0.1) is 17.8 Å². The van der Waals surface area contributed by atoms with E-state index in [0.29, 0.717) is 12.5 Å². The van der Waals surface area contributed by atoms with Crippen molar-refractivity contribution in [2.45, 2.75) is 27.3 Å². The highest BCUT2D eigenvalue weighted by molar-refractivity contribution is 9.09. The quantitative estimate of drug-likeness (QED) is 0.484. The van der Waals surface area contributed by atoms with E-state index in [1.807, 2.05) is 0 Å². The van der Waals surface area contributed by atoms with E-state index in [0.717, 1.165) is 5.33 Å². The summed E-state index contributed by atoms with van der Waals surface area (Å²) in [6.07, 6.45) is 1.50. The smallest absolute Gasteiger partial charge is 0.358 e. The Balaban J connectivity index is 2.88. The first kappa shape index (κ1) is 14.4. The third-order valence-electron chi connectivity index (χ3n) is 2.69. The minimum atomic E-state index is -0.570. The van der Waals surface area contributed by atoms with Crippen LogP contribution in [0.3, 0.4) is 0 Å². The highest BCUT2D eigenvalue weighted by Gasteiger charge is 2.27. The lowest BCUT2D eigenvalue weighted by atomic mass is 9.82. The van der Waals surface area contributed by atoms with Gasteiger partial charge >= 0.3 is 5.82 Å². The molecule has 0 aliphatic rings. The van der Waals surface area contributed by atoms with E-state index in [2.05, 4.69) is 41.8 Å². The lowest BCUT2D eigenvalue weighted by Crippen LogP contribution is -2.26. The molecule has 0 aliphatic heterocycles. The average Bonchev–Trinajstić information content (AvgIpc) is 2.54. The molecule has 0 N–H and O–H groups in total. The number of nitrogens with zero attached hydrogens (tertiary/aromatic N) is 3. The first-order chi connectivity index (χ1) is 7.75. The number of hydrogen-bond acceptors (Lipinski definition) is 3. The van der Waals surface area contributed by atoms with Crippen LogP contribution in [0.5, 0.6) is 0 Å². The summed E-state index contributed by atoms with van der Waals surface area (Å²) in [7, 11) is 0. The van der Waals surface area contributed by atoms with Crippen molar-refractivity contribution in [3.8, 4) is 0 Å². The van der Waals surface area contributed by atoms with Gasteiger partial charge in [-0.2, -0.15) is 4.68 Å². The van der Waals surface area contributed by atoms with Gasteiger partial charge in [0.1, 0.15) is 0 Å². The van der Waals surface area contributed by atoms with Gasteiger partial charge in [-0.1, -0.05) is 48.3 Å². The molecule has 7 heteroatoms. The standard InChI is InChI=1S/C10H15BrClN3O2/c1-10(2,3)7(4-11)5-14-6-8(12)9(13-14)15(16)17/h6-7H,4-5H2,1-3H3. The second-order valence-electron chi connectivity index (χ2n) is 5.00. The topological polar surface area (TPSA) is 61.0 Å². The third kappa shape index (κ3) is 3.67. The maximum atomic E-state index is 10.6. The second kappa shape index (κ2) is 5.35. The highest BCUT2D eigenvalue weighted by atomic mass is 79.9. The normalized spacial score (nSPS) is 13.7. The fraction of sp³-hybridized carbons (Fsp3) is 0.700. The molecule has 0 radical (unpaired) electrons. The van der Waals surface area contributed by atoms with Crippen LogP contribution in [0.15, 0.2) is 6.20 Å². The summed E-state index contributed by atoms with van der Waals surface area (Å²) in [5.41, 5.74) is 0.0940. The molecule has 1 heterocycles. The minimum Gasteiger partial charge on any atom is -0.358 e. The van der Waals surface area contributed by atoms with Crippen LogP contribution in [0.1, 0.15) is 20.8 Å². The molecule has 1 rings (SSSR count). The van der Waals surface area contributed by atoms with Gasteiger partial charge in [-0.25, -0.2) is 0 Å². The maximum absolute atomic E-state index is 10.6. The molecule has 0 aliphatic carbocycles. The number of halogens is 2. The van der Waals surface area contributed by atoms with Gasteiger partial charge in [0.2, 0.25) is 0 Å². The number of aromatic nitrogens is 2. The Hall–Kier alpha value is -0.620. The predicted octanol–water partition coefficient (Wildman–Crippen LogP) is 3.50. The Kier molecular flexibility index (Phi) is 4.55. The summed E-state index contributed by atoms with van der Waals surface area (Å²) in [5.74, 6) is 0.0342. The molecule has 1 aromatic heterocycles. The zero-order valence-electron chi connectivity index (χ0n) is 9.98. The van der Waals surface area contributed by atoms with Crippen molar-refractivity contribution in [1.82, 2.24) is 9.78 Å². The summed E-state index contributed by atoms with van der Waals surface area (Å²) < 4.78 is 1.54. The molecule has 1 atom stereocenters. The maximum Gasteiger partial charge on any atom is 0.408 e. The lowest BCUT2D eigenvalue weighted by Gasteiger charge is -2.28. The first-order valence-electron chi connectivity index (χ1n) is 5.19. The zero-order valence-corrected chi connectivity index (χ0v) is 12.3. The highest BCUT2D eigenvalue weighted by Crippen LogP contribution is 2.30. The Morgan fingerprint density at radius 2 is 2.24 bits per heavy atom. The summed E-state index contributed by atoms with van der Waals surface area (Å²) in [5, 5.41) is 15.4. The molecule has 96 valence electrons. The summed E-state index contributed by atoms with van der Waals surface area (Å²) in [4.78, 5) is 10.1. The molecule has 0 bridgehead atoms. The average molecular weight is 325 g/mol. The predicted molar refractivity (Wildman–Crippen MR) is 70.6 cm³/mol. The fourth-order valence-electron chi connectivity index (χ4n) is 1.38. The van der Waals surface area contributed by atoms with Crippen molar-refractivity contribution in [2.75, 3.05) is 5.33 Å². The van der Waals surface area contributed by atoms with Crippen molar-refractivity contribution < 1.29 is 4.92 Å². The van der Waals surface area contributed by atoms with Crippen LogP contribution in [0, 0.1) is 21.4 Å². The summed E-state index contributed by atoms with van der Waals surface area (Å²) in [6.45, 7) is 6.97. The van der Waals surface area contributed by atoms with Crippen molar-refractivity contribution in [2.24, 2.45) is 11.3 Å². The Bertz CT molecular complexity index is 414. The van der Waals surface area contributed by atoms with E-state index in [9.17, 15) is 10.1 Å². The van der Waals surface area contributed by atoms with Crippen LogP contribution in [-0.4, -0.2) is 20.0 Å². The van der Waals surface area contributed by atoms with Crippen LogP contribution in [0.25, 0.3) is 0 Å². The van der Waals surface area contributed by atoms with Crippen LogP contribution in [-0.2, 0) is 6.54 Å². The Morgan fingerprint density at radius 3 is 2.59 bits per heavy atom. The van der Waals surface area contributed by atoms with Gasteiger partial charge in [0.15, 0.2) is 5.02 Å². The van der Waals surface area contributed by atoms with E-state index >= 15 is 0 Å². The van der Waals surface area contributed by atoms with Crippen LogP contribution < -0.4 is 0 Å². The van der Waals surface area contributed by atoms with Gasteiger partial charge in [0.25, 0.3) is 0 Å². The molecule has 0 saturated carbocycles. The first-order valence-corrected chi connectivity index (χ1v) is 6.69. The molecule has 5 nitrogen and oxygen atoms in total. The van der Waals surface area contributed by atoms with Crippen LogP contribution in [0.2, 0.25) is 5.02 Å². The lowest BCUT2D eigenvalue weighted by molar-refractivity contribution is -0.389. The molecule has 1 aromatic rings. The van der Waals surface area contributed by atoms with Crippen molar-refractivity contribution >= 4 is 33.3 Å². The van der Waals surface area contributed by atoms with Gasteiger partial charge < -0.3 is 10.1 Å². The fourth-order valence-corrected chi connectivity index (χ4v) is 2.78. The van der Waals surface area contributed by atoms with Crippen molar-refractivity contribution in [3.05, 3.63) is 21.3 Å². The summed E-state index contributed by atoms with van der Waals surface area (Å²) >= 11 is 9.20. The second-order valence-corrected chi connectivity index (χ2v) is 6.05. The van der Waals surface area contributed by atoms with Gasteiger partial charge in [-0.15, -0.1) is 0 Å². The molecule has 0 fully saturated rings. The molecule has 1 unspecified atom stereocenters. The van der Waals surface area contributed by atoms with Gasteiger partial charge in [0, 0.05) is 5.33 Å². The van der Waals surface area contributed by atoms with Gasteiger partial charge in [-0.05, 0) is 16.3 Å². The molecule has 0 aromatic carbocycles. The SMILES string of the molecule is CC(C)(C)C(CBr)Cn1cc(Cl)c([N+](=O)[O-])n1. The van der Waals surface area contributed by atoms with E-state index in [1.165, 1.54) is 10.9 Å².